The molecule has 1 aromatic rings. The van der Waals surface area contributed by atoms with E-state index in [1.165, 1.54) is 6.20 Å². The quantitative estimate of drug-likeness (QED) is 0.792. The van der Waals surface area contributed by atoms with Crippen LogP contribution in [0.3, 0.4) is 0 Å². The van der Waals surface area contributed by atoms with Crippen LogP contribution in [0, 0.1) is 11.3 Å². The minimum atomic E-state index is 0.0774. The lowest BCUT2D eigenvalue weighted by molar-refractivity contribution is -0.120. The maximum absolute atomic E-state index is 11.4. The molecule has 1 aliphatic rings. The van der Waals surface area contributed by atoms with Crippen LogP contribution >= 0.6 is 0 Å². The van der Waals surface area contributed by atoms with Crippen LogP contribution in [0.5, 0.6) is 0 Å². The summed E-state index contributed by atoms with van der Waals surface area (Å²) in [5.74, 6) is 0.761. The summed E-state index contributed by atoms with van der Waals surface area (Å²) in [6.45, 7) is 0.553. The highest BCUT2D eigenvalue weighted by molar-refractivity contribution is 5.77. The number of rotatable bonds is 5. The van der Waals surface area contributed by atoms with Gasteiger partial charge in [-0.05, 0) is 25.0 Å². The molecule has 1 fully saturated rings. The highest BCUT2D eigenvalue weighted by atomic mass is 16.1. The fourth-order valence-corrected chi connectivity index (χ4v) is 1.40. The van der Waals surface area contributed by atoms with Gasteiger partial charge in [0.25, 0.3) is 0 Å². The third-order valence-electron chi connectivity index (χ3n) is 2.49. The summed E-state index contributed by atoms with van der Waals surface area (Å²) in [6, 6.07) is 5.84. The molecular weight excluding hydrogens is 216 g/mol. The number of nitrogens with one attached hydrogen (secondary N) is 2. The second-order valence-electron chi connectivity index (χ2n) is 4.06. The highest BCUT2D eigenvalue weighted by Gasteiger charge is 2.22. The summed E-state index contributed by atoms with van der Waals surface area (Å²) in [7, 11) is 0. The van der Waals surface area contributed by atoms with Gasteiger partial charge in [-0.25, -0.2) is 4.98 Å². The monoisotopic (exact) mass is 230 g/mol. The summed E-state index contributed by atoms with van der Waals surface area (Å²) >= 11 is 0. The first-order valence-corrected chi connectivity index (χ1v) is 5.67. The summed E-state index contributed by atoms with van der Waals surface area (Å²) in [4.78, 5) is 15.4. The van der Waals surface area contributed by atoms with Crippen LogP contribution in [0.25, 0.3) is 0 Å². The van der Waals surface area contributed by atoms with Gasteiger partial charge in [0, 0.05) is 25.2 Å². The van der Waals surface area contributed by atoms with E-state index in [0.717, 1.165) is 12.8 Å². The molecule has 2 N–H and O–H groups in total. The van der Waals surface area contributed by atoms with Gasteiger partial charge in [0.2, 0.25) is 5.91 Å². The van der Waals surface area contributed by atoms with Gasteiger partial charge >= 0.3 is 0 Å². The molecule has 0 bridgehead atoms. The fourth-order valence-electron chi connectivity index (χ4n) is 1.40. The average molecular weight is 230 g/mol. The second kappa shape index (κ2) is 5.30. The van der Waals surface area contributed by atoms with Gasteiger partial charge in [-0.15, -0.1) is 0 Å². The molecule has 2 rings (SSSR count). The highest BCUT2D eigenvalue weighted by Crippen LogP contribution is 2.18. The SMILES string of the molecule is N#Cc1ccc(NCCC(=O)NC2CC2)nc1. The Labute approximate surface area is 99.9 Å². The second-order valence-corrected chi connectivity index (χ2v) is 4.06. The molecule has 0 radical (unpaired) electrons. The molecule has 0 saturated heterocycles. The summed E-state index contributed by atoms with van der Waals surface area (Å²) in [5, 5.41) is 14.6. The zero-order valence-corrected chi connectivity index (χ0v) is 9.44. The molecule has 0 atom stereocenters. The Bertz CT molecular complexity index is 431. The van der Waals surface area contributed by atoms with Gasteiger partial charge in [-0.3, -0.25) is 4.79 Å². The molecule has 0 aliphatic heterocycles. The van der Waals surface area contributed by atoms with E-state index in [9.17, 15) is 4.79 Å². The predicted octanol–water partition coefficient (Wildman–Crippen LogP) is 1.03. The number of carbonyl (C=O) groups excluding carboxylic acids is 1. The number of hydrogen-bond donors (Lipinski definition) is 2. The molecular formula is C12H14N4O. The number of hydrogen-bond acceptors (Lipinski definition) is 4. The Balaban J connectivity index is 1.69. The van der Waals surface area contributed by atoms with Crippen LogP contribution in [-0.4, -0.2) is 23.5 Å². The summed E-state index contributed by atoms with van der Waals surface area (Å²) in [6.07, 6.45) is 4.16. The van der Waals surface area contributed by atoms with Crippen molar-refractivity contribution in [3.8, 4) is 6.07 Å². The van der Waals surface area contributed by atoms with Gasteiger partial charge in [0.15, 0.2) is 0 Å². The first-order valence-electron chi connectivity index (χ1n) is 5.67. The van der Waals surface area contributed by atoms with Gasteiger partial charge in [-0.1, -0.05) is 0 Å². The van der Waals surface area contributed by atoms with Gasteiger partial charge in [-0.2, -0.15) is 5.26 Å². The van der Waals surface area contributed by atoms with Crippen LogP contribution in [0.2, 0.25) is 0 Å². The Morgan fingerprint density at radius 2 is 2.35 bits per heavy atom. The van der Waals surface area contributed by atoms with Crippen molar-refractivity contribution in [1.82, 2.24) is 10.3 Å². The van der Waals surface area contributed by atoms with Gasteiger partial charge in [0.1, 0.15) is 11.9 Å². The van der Waals surface area contributed by atoms with Crippen molar-refractivity contribution in [2.75, 3.05) is 11.9 Å². The first kappa shape index (κ1) is 11.4. The largest absolute Gasteiger partial charge is 0.370 e. The molecule has 0 aromatic carbocycles. The molecule has 17 heavy (non-hydrogen) atoms. The van der Waals surface area contributed by atoms with Crippen molar-refractivity contribution < 1.29 is 4.79 Å². The molecule has 1 aromatic heterocycles. The summed E-state index contributed by atoms with van der Waals surface area (Å²) < 4.78 is 0. The Hall–Kier alpha value is -2.09. The molecule has 0 spiro atoms. The zero-order chi connectivity index (χ0) is 12.1. The summed E-state index contributed by atoms with van der Waals surface area (Å²) in [5.41, 5.74) is 0.530. The number of anilines is 1. The number of pyridine rings is 1. The van der Waals surface area contributed by atoms with Crippen molar-refractivity contribution in [3.05, 3.63) is 23.9 Å². The number of carbonyl (C=O) groups is 1. The fraction of sp³-hybridized carbons (Fsp3) is 0.417. The van der Waals surface area contributed by atoms with Crippen molar-refractivity contribution in [3.63, 3.8) is 0 Å². The topological polar surface area (TPSA) is 77.8 Å². The number of amides is 1. The number of nitriles is 1. The minimum Gasteiger partial charge on any atom is -0.370 e. The molecule has 1 saturated carbocycles. The maximum Gasteiger partial charge on any atom is 0.221 e. The van der Waals surface area contributed by atoms with E-state index in [-0.39, 0.29) is 5.91 Å². The molecule has 1 heterocycles. The minimum absolute atomic E-state index is 0.0774. The predicted molar refractivity (Wildman–Crippen MR) is 63.2 cm³/mol. The van der Waals surface area contributed by atoms with Crippen LogP contribution in [0.1, 0.15) is 24.8 Å². The lowest BCUT2D eigenvalue weighted by Crippen LogP contribution is -2.27. The smallest absolute Gasteiger partial charge is 0.221 e. The standard InChI is InChI=1S/C12H14N4O/c13-7-9-1-4-11(15-8-9)14-6-5-12(17)16-10-2-3-10/h1,4,8,10H,2-3,5-6H2,(H,14,15)(H,16,17). The van der Waals surface area contributed by atoms with Crippen LogP contribution in [-0.2, 0) is 4.79 Å². The van der Waals surface area contributed by atoms with Gasteiger partial charge < -0.3 is 10.6 Å². The number of nitrogens with zero attached hydrogens (tertiary/aromatic N) is 2. The first-order chi connectivity index (χ1) is 8.28. The Kier molecular flexibility index (Phi) is 3.55. The lowest BCUT2D eigenvalue weighted by atomic mass is 10.3. The number of aromatic nitrogens is 1. The molecule has 88 valence electrons. The van der Waals surface area contributed by atoms with E-state index in [4.69, 9.17) is 5.26 Å². The third-order valence-corrected chi connectivity index (χ3v) is 2.49. The van der Waals surface area contributed by atoms with E-state index in [2.05, 4.69) is 15.6 Å². The van der Waals surface area contributed by atoms with E-state index in [1.807, 2.05) is 6.07 Å². The third kappa shape index (κ3) is 3.76. The van der Waals surface area contributed by atoms with E-state index in [1.54, 1.807) is 12.1 Å². The van der Waals surface area contributed by atoms with Gasteiger partial charge in [0.05, 0.1) is 5.56 Å². The molecule has 1 aliphatic carbocycles. The molecule has 5 nitrogen and oxygen atoms in total. The van der Waals surface area contributed by atoms with E-state index >= 15 is 0 Å². The Morgan fingerprint density at radius 1 is 1.53 bits per heavy atom. The lowest BCUT2D eigenvalue weighted by Gasteiger charge is -2.05. The van der Waals surface area contributed by atoms with Crippen molar-refractivity contribution in [2.24, 2.45) is 0 Å². The van der Waals surface area contributed by atoms with Crippen molar-refractivity contribution >= 4 is 11.7 Å². The Morgan fingerprint density at radius 3 is 2.94 bits per heavy atom. The molecule has 5 heteroatoms. The average Bonchev–Trinajstić information content (AvgIpc) is 3.14. The van der Waals surface area contributed by atoms with E-state index < -0.39 is 0 Å². The van der Waals surface area contributed by atoms with Crippen molar-refractivity contribution in [2.45, 2.75) is 25.3 Å². The molecule has 1 amide bonds. The normalized spacial score (nSPS) is 13.8. The van der Waals surface area contributed by atoms with Crippen molar-refractivity contribution in [1.29, 1.82) is 5.26 Å². The van der Waals surface area contributed by atoms with E-state index in [0.29, 0.717) is 30.4 Å². The van der Waals surface area contributed by atoms with Crippen LogP contribution in [0.4, 0.5) is 5.82 Å². The maximum atomic E-state index is 11.4. The molecule has 0 unspecified atom stereocenters. The van der Waals surface area contributed by atoms with Crippen LogP contribution < -0.4 is 10.6 Å². The zero-order valence-electron chi connectivity index (χ0n) is 9.44. The van der Waals surface area contributed by atoms with Crippen LogP contribution in [0.15, 0.2) is 18.3 Å².